The summed E-state index contributed by atoms with van der Waals surface area (Å²) in [5, 5.41) is 12.5. The summed E-state index contributed by atoms with van der Waals surface area (Å²) >= 11 is 0. The first kappa shape index (κ1) is 31.0. The van der Waals surface area contributed by atoms with E-state index in [0.29, 0.717) is 0 Å². The Bertz CT molecular complexity index is 3450. The molecule has 2 heteroatoms. The average molecular weight is 711 g/mol. The molecule has 0 unspecified atom stereocenters. The standard InChI is InChI=1S/C54H34N2/c1-3-18-37(19-4-1)55-49-29-14-13-23-40(49)47-33-52-48(34-51(47)55)46-32-36(30-31-50(46)56(52)38-20-5-2-6-21-38)53-42-24-9-11-26-44(42)54(45-27-12-10-25-43(45)53)41-28-15-17-35-16-7-8-22-39(35)41/h1-34H. The van der Waals surface area contributed by atoms with Gasteiger partial charge < -0.3 is 9.13 Å². The zero-order chi connectivity index (χ0) is 36.7. The Labute approximate surface area is 323 Å². The van der Waals surface area contributed by atoms with E-state index < -0.39 is 0 Å². The molecule has 10 aromatic carbocycles. The normalized spacial score (nSPS) is 11.9. The Morgan fingerprint density at radius 2 is 0.696 bits per heavy atom. The fraction of sp³-hybridized carbons (Fsp3) is 0. The molecule has 0 aliphatic rings. The van der Waals surface area contributed by atoms with Gasteiger partial charge in [-0.25, -0.2) is 0 Å². The fourth-order valence-electron chi connectivity index (χ4n) is 9.52. The predicted octanol–water partition coefficient (Wildman–Crippen LogP) is 14.7. The Morgan fingerprint density at radius 1 is 0.250 bits per heavy atom. The van der Waals surface area contributed by atoms with E-state index in [1.165, 1.54) is 98.2 Å². The fourth-order valence-corrected chi connectivity index (χ4v) is 9.52. The maximum absolute atomic E-state index is 2.45. The highest BCUT2D eigenvalue weighted by Crippen LogP contribution is 2.47. The number of aromatic nitrogens is 2. The molecule has 0 aliphatic carbocycles. The van der Waals surface area contributed by atoms with Crippen molar-refractivity contribution in [3.63, 3.8) is 0 Å². The van der Waals surface area contributed by atoms with Gasteiger partial charge in [0.05, 0.1) is 22.1 Å². The molecule has 56 heavy (non-hydrogen) atoms. The predicted molar refractivity (Wildman–Crippen MR) is 239 cm³/mol. The van der Waals surface area contributed by atoms with Crippen molar-refractivity contribution in [1.82, 2.24) is 9.13 Å². The average Bonchev–Trinajstić information content (AvgIpc) is 3.76. The number of nitrogens with zero attached hydrogens (tertiary/aromatic N) is 2. The van der Waals surface area contributed by atoms with Crippen molar-refractivity contribution in [2.45, 2.75) is 0 Å². The summed E-state index contributed by atoms with van der Waals surface area (Å²) in [6.07, 6.45) is 0. The van der Waals surface area contributed by atoms with E-state index in [1.807, 2.05) is 0 Å². The zero-order valence-electron chi connectivity index (χ0n) is 30.5. The molecule has 2 heterocycles. The molecule has 0 fully saturated rings. The molecule has 2 aromatic heterocycles. The van der Waals surface area contributed by atoms with Crippen LogP contribution >= 0.6 is 0 Å². The minimum Gasteiger partial charge on any atom is -0.309 e. The van der Waals surface area contributed by atoms with Gasteiger partial charge in [0.1, 0.15) is 0 Å². The molecule has 0 saturated heterocycles. The second kappa shape index (κ2) is 12.0. The van der Waals surface area contributed by atoms with Crippen LogP contribution < -0.4 is 0 Å². The van der Waals surface area contributed by atoms with Gasteiger partial charge in [-0.1, -0.05) is 152 Å². The Morgan fingerprint density at radius 3 is 1.32 bits per heavy atom. The van der Waals surface area contributed by atoms with Gasteiger partial charge in [0.15, 0.2) is 0 Å². The van der Waals surface area contributed by atoms with Gasteiger partial charge >= 0.3 is 0 Å². The Balaban J connectivity index is 1.20. The molecule has 0 spiro atoms. The van der Waals surface area contributed by atoms with Crippen LogP contribution in [0.2, 0.25) is 0 Å². The highest BCUT2D eigenvalue weighted by molar-refractivity contribution is 6.25. The molecule has 0 radical (unpaired) electrons. The molecule has 2 nitrogen and oxygen atoms in total. The van der Waals surface area contributed by atoms with Crippen LogP contribution in [-0.4, -0.2) is 9.13 Å². The Hall–Kier alpha value is -7.42. The van der Waals surface area contributed by atoms with Crippen LogP contribution in [0.4, 0.5) is 0 Å². The van der Waals surface area contributed by atoms with E-state index in [1.54, 1.807) is 0 Å². The lowest BCUT2D eigenvalue weighted by molar-refractivity contribution is 1.17. The smallest absolute Gasteiger partial charge is 0.0548 e. The largest absolute Gasteiger partial charge is 0.309 e. The van der Waals surface area contributed by atoms with Gasteiger partial charge in [0.25, 0.3) is 0 Å². The van der Waals surface area contributed by atoms with Crippen molar-refractivity contribution in [3.8, 4) is 33.6 Å². The molecule has 0 bridgehead atoms. The van der Waals surface area contributed by atoms with E-state index in [2.05, 4.69) is 215 Å². The molecule has 0 amide bonds. The molecule has 260 valence electrons. The van der Waals surface area contributed by atoms with Crippen LogP contribution in [0.1, 0.15) is 0 Å². The lowest BCUT2D eigenvalue weighted by Crippen LogP contribution is -1.94. The SMILES string of the molecule is c1ccc(-n2c3ccccc3c3cc4c(cc32)c2cc(-c3c5ccccc5c(-c5cccc6ccccc56)c5ccccc35)ccc2n4-c2ccccc2)cc1. The lowest BCUT2D eigenvalue weighted by Gasteiger charge is -2.19. The molecule has 12 aromatic rings. The lowest BCUT2D eigenvalue weighted by atomic mass is 9.84. The van der Waals surface area contributed by atoms with Crippen LogP contribution in [0.3, 0.4) is 0 Å². The third-order valence-corrected chi connectivity index (χ3v) is 11.9. The summed E-state index contributed by atoms with van der Waals surface area (Å²) in [7, 11) is 0. The first-order chi connectivity index (χ1) is 27.8. The highest BCUT2D eigenvalue weighted by Gasteiger charge is 2.21. The number of hydrogen-bond donors (Lipinski definition) is 0. The van der Waals surface area contributed by atoms with Crippen LogP contribution in [0.25, 0.3) is 110 Å². The molecule has 0 N–H and O–H groups in total. The minimum atomic E-state index is 1.15. The number of benzene rings is 10. The van der Waals surface area contributed by atoms with Crippen molar-refractivity contribution in [3.05, 3.63) is 206 Å². The third-order valence-electron chi connectivity index (χ3n) is 11.9. The van der Waals surface area contributed by atoms with Gasteiger partial charge in [-0.2, -0.15) is 0 Å². The monoisotopic (exact) mass is 710 g/mol. The molecular weight excluding hydrogens is 677 g/mol. The van der Waals surface area contributed by atoms with Crippen molar-refractivity contribution in [2.24, 2.45) is 0 Å². The number of rotatable bonds is 4. The van der Waals surface area contributed by atoms with Gasteiger partial charge in [-0.05, 0) is 109 Å². The van der Waals surface area contributed by atoms with Crippen molar-refractivity contribution in [2.75, 3.05) is 0 Å². The summed E-state index contributed by atoms with van der Waals surface area (Å²) in [5.41, 5.74) is 12.2. The number of hydrogen-bond acceptors (Lipinski definition) is 0. The van der Waals surface area contributed by atoms with Crippen molar-refractivity contribution in [1.29, 1.82) is 0 Å². The quantitative estimate of drug-likeness (QED) is 0.161. The zero-order valence-corrected chi connectivity index (χ0v) is 30.5. The summed E-state index contributed by atoms with van der Waals surface area (Å²) < 4.78 is 4.87. The maximum Gasteiger partial charge on any atom is 0.0548 e. The van der Waals surface area contributed by atoms with Gasteiger partial charge in [0, 0.05) is 32.9 Å². The van der Waals surface area contributed by atoms with E-state index >= 15 is 0 Å². The molecule has 0 aliphatic heterocycles. The molecule has 12 rings (SSSR count). The summed E-state index contributed by atoms with van der Waals surface area (Å²) in [5.74, 6) is 0. The number of para-hydroxylation sites is 3. The van der Waals surface area contributed by atoms with Gasteiger partial charge in [0.2, 0.25) is 0 Å². The van der Waals surface area contributed by atoms with Crippen LogP contribution in [0.5, 0.6) is 0 Å². The van der Waals surface area contributed by atoms with E-state index in [0.717, 1.165) is 11.4 Å². The third kappa shape index (κ3) is 4.44. The molecule has 0 atom stereocenters. The summed E-state index contributed by atoms with van der Waals surface area (Å²) in [4.78, 5) is 0. The topological polar surface area (TPSA) is 9.86 Å². The van der Waals surface area contributed by atoms with Crippen molar-refractivity contribution < 1.29 is 0 Å². The second-order valence-corrected chi connectivity index (χ2v) is 14.8. The minimum absolute atomic E-state index is 1.15. The molecular formula is C54H34N2. The summed E-state index contributed by atoms with van der Waals surface area (Å²) in [6, 6.07) is 75.8. The van der Waals surface area contributed by atoms with Crippen LogP contribution in [-0.2, 0) is 0 Å². The van der Waals surface area contributed by atoms with E-state index in [4.69, 9.17) is 0 Å². The molecule has 0 saturated carbocycles. The first-order valence-corrected chi connectivity index (χ1v) is 19.4. The van der Waals surface area contributed by atoms with Crippen LogP contribution in [0, 0.1) is 0 Å². The Kier molecular flexibility index (Phi) is 6.66. The maximum atomic E-state index is 2.45. The summed E-state index contributed by atoms with van der Waals surface area (Å²) in [6.45, 7) is 0. The second-order valence-electron chi connectivity index (χ2n) is 14.8. The van der Waals surface area contributed by atoms with Gasteiger partial charge in [-0.3, -0.25) is 0 Å². The van der Waals surface area contributed by atoms with Gasteiger partial charge in [-0.15, -0.1) is 0 Å². The number of fused-ring (bicyclic) bond motifs is 9. The van der Waals surface area contributed by atoms with E-state index in [-0.39, 0.29) is 0 Å². The van der Waals surface area contributed by atoms with Crippen molar-refractivity contribution >= 4 is 75.9 Å². The van der Waals surface area contributed by atoms with E-state index in [9.17, 15) is 0 Å². The first-order valence-electron chi connectivity index (χ1n) is 19.4. The highest BCUT2D eigenvalue weighted by atomic mass is 15.0. The van der Waals surface area contributed by atoms with Crippen LogP contribution in [0.15, 0.2) is 206 Å².